The largest absolute Gasteiger partial charge is 0.341 e. The van der Waals surface area contributed by atoms with Crippen molar-refractivity contribution in [2.45, 2.75) is 19.8 Å². The van der Waals surface area contributed by atoms with Gasteiger partial charge in [-0.3, -0.25) is 4.79 Å². The molecule has 0 aliphatic carbocycles. The minimum atomic E-state index is -0.219. The molecule has 0 fully saturated rings. The van der Waals surface area contributed by atoms with E-state index in [2.05, 4.69) is 15.4 Å². The fraction of sp³-hybridized carbons (Fsp3) is 0.188. The standard InChI is InChI=1S/C16H15N5O/c1-10(2)13-14(19-12-6-4-3-5-7-12)20-15-11(8-17)9-18-21(15)16(13)22/h3-7,9-10,19-20H,1-2H3. The van der Waals surface area contributed by atoms with Crippen LogP contribution in [0.1, 0.15) is 30.9 Å². The molecule has 110 valence electrons. The molecule has 6 nitrogen and oxygen atoms in total. The number of fused-ring (bicyclic) bond motifs is 1. The molecule has 0 bridgehead atoms. The van der Waals surface area contributed by atoms with Crippen LogP contribution in [-0.2, 0) is 0 Å². The van der Waals surface area contributed by atoms with Gasteiger partial charge in [0.25, 0.3) is 5.56 Å². The number of H-pyrrole nitrogens is 1. The molecule has 3 aromatic rings. The van der Waals surface area contributed by atoms with Gasteiger partial charge in [0.05, 0.1) is 11.8 Å². The number of nitrogens with one attached hydrogen (secondary N) is 2. The van der Waals surface area contributed by atoms with Crippen LogP contribution in [0.15, 0.2) is 41.3 Å². The first-order valence-corrected chi connectivity index (χ1v) is 6.98. The van der Waals surface area contributed by atoms with Crippen LogP contribution in [0, 0.1) is 11.3 Å². The Morgan fingerprint density at radius 3 is 2.68 bits per heavy atom. The van der Waals surface area contributed by atoms with Crippen LogP contribution in [-0.4, -0.2) is 14.6 Å². The number of nitrogens with zero attached hydrogens (tertiary/aromatic N) is 3. The van der Waals surface area contributed by atoms with Gasteiger partial charge < -0.3 is 10.3 Å². The molecule has 0 atom stereocenters. The molecule has 0 radical (unpaired) electrons. The minimum Gasteiger partial charge on any atom is -0.341 e. The summed E-state index contributed by atoms with van der Waals surface area (Å²) in [6, 6.07) is 11.6. The van der Waals surface area contributed by atoms with E-state index >= 15 is 0 Å². The van der Waals surface area contributed by atoms with Crippen molar-refractivity contribution in [3.05, 3.63) is 58.0 Å². The first-order valence-electron chi connectivity index (χ1n) is 6.98. The molecule has 2 N–H and O–H groups in total. The topological polar surface area (TPSA) is 86.0 Å². The quantitative estimate of drug-likeness (QED) is 0.777. The molecule has 0 spiro atoms. The summed E-state index contributed by atoms with van der Waals surface area (Å²) in [4.78, 5) is 15.8. The third kappa shape index (κ3) is 2.23. The van der Waals surface area contributed by atoms with E-state index < -0.39 is 0 Å². The van der Waals surface area contributed by atoms with Crippen molar-refractivity contribution < 1.29 is 0 Å². The van der Waals surface area contributed by atoms with Crippen molar-refractivity contribution >= 4 is 17.2 Å². The van der Waals surface area contributed by atoms with E-state index in [4.69, 9.17) is 5.26 Å². The second-order valence-electron chi connectivity index (χ2n) is 5.30. The van der Waals surface area contributed by atoms with Gasteiger partial charge >= 0.3 is 0 Å². The molecule has 0 saturated heterocycles. The normalized spacial score (nSPS) is 10.8. The van der Waals surface area contributed by atoms with Gasteiger partial charge in [-0.25, -0.2) is 0 Å². The molecule has 2 heterocycles. The molecular weight excluding hydrogens is 278 g/mol. The number of anilines is 2. The van der Waals surface area contributed by atoms with Crippen LogP contribution in [0.3, 0.4) is 0 Å². The minimum absolute atomic E-state index is 0.00842. The Balaban J connectivity index is 2.25. The average Bonchev–Trinajstić information content (AvgIpc) is 2.91. The predicted molar refractivity (Wildman–Crippen MR) is 84.3 cm³/mol. The Kier molecular flexibility index (Phi) is 3.39. The van der Waals surface area contributed by atoms with Crippen LogP contribution in [0.2, 0.25) is 0 Å². The number of hydrogen-bond acceptors (Lipinski definition) is 4. The highest BCUT2D eigenvalue weighted by atomic mass is 16.1. The van der Waals surface area contributed by atoms with E-state index in [1.54, 1.807) is 0 Å². The van der Waals surface area contributed by atoms with Gasteiger partial charge in [0.1, 0.15) is 17.5 Å². The number of aromatic amines is 1. The van der Waals surface area contributed by atoms with E-state index in [1.807, 2.05) is 50.2 Å². The SMILES string of the molecule is CC(C)c1c(Nc2ccccc2)[nH]c2c(C#N)cnn2c1=O. The van der Waals surface area contributed by atoms with Crippen LogP contribution >= 0.6 is 0 Å². The van der Waals surface area contributed by atoms with E-state index in [0.29, 0.717) is 22.6 Å². The smallest absolute Gasteiger partial charge is 0.279 e. The zero-order chi connectivity index (χ0) is 15.7. The van der Waals surface area contributed by atoms with Gasteiger partial charge in [-0.1, -0.05) is 32.0 Å². The van der Waals surface area contributed by atoms with Gasteiger partial charge in [0.15, 0.2) is 5.65 Å². The molecule has 6 heteroatoms. The van der Waals surface area contributed by atoms with E-state index in [1.165, 1.54) is 10.7 Å². The summed E-state index contributed by atoms with van der Waals surface area (Å²) < 4.78 is 1.24. The summed E-state index contributed by atoms with van der Waals surface area (Å²) >= 11 is 0. The van der Waals surface area contributed by atoms with Gasteiger partial charge in [-0.2, -0.15) is 14.9 Å². The van der Waals surface area contributed by atoms with Crippen LogP contribution in [0.5, 0.6) is 0 Å². The van der Waals surface area contributed by atoms with Crippen LogP contribution in [0.25, 0.3) is 5.65 Å². The predicted octanol–water partition coefficient (Wildman–Crippen LogP) is 2.76. The Morgan fingerprint density at radius 2 is 2.05 bits per heavy atom. The lowest BCUT2D eigenvalue weighted by atomic mass is 10.1. The van der Waals surface area contributed by atoms with Gasteiger partial charge in [0.2, 0.25) is 0 Å². The molecule has 0 aliphatic heterocycles. The number of hydrogen-bond donors (Lipinski definition) is 2. The maximum absolute atomic E-state index is 12.6. The summed E-state index contributed by atoms with van der Waals surface area (Å²) in [6.07, 6.45) is 1.39. The maximum atomic E-state index is 12.6. The summed E-state index contributed by atoms with van der Waals surface area (Å²) in [7, 11) is 0. The number of para-hydroxylation sites is 1. The molecule has 1 aromatic carbocycles. The Hall–Kier alpha value is -3.07. The summed E-state index contributed by atoms with van der Waals surface area (Å²) in [5.74, 6) is 0.602. The third-order valence-electron chi connectivity index (χ3n) is 3.45. The highest BCUT2D eigenvalue weighted by Gasteiger charge is 2.18. The van der Waals surface area contributed by atoms with E-state index in [0.717, 1.165) is 5.69 Å². The maximum Gasteiger partial charge on any atom is 0.279 e. The second-order valence-corrected chi connectivity index (χ2v) is 5.30. The van der Waals surface area contributed by atoms with Crippen molar-refractivity contribution in [1.82, 2.24) is 14.6 Å². The second kappa shape index (κ2) is 5.37. The fourth-order valence-electron chi connectivity index (χ4n) is 2.41. The Morgan fingerprint density at radius 1 is 1.32 bits per heavy atom. The summed E-state index contributed by atoms with van der Waals surface area (Å²) in [5, 5.41) is 16.4. The van der Waals surface area contributed by atoms with E-state index in [9.17, 15) is 4.79 Å². The van der Waals surface area contributed by atoms with Crippen molar-refractivity contribution in [2.24, 2.45) is 0 Å². The zero-order valence-electron chi connectivity index (χ0n) is 12.3. The van der Waals surface area contributed by atoms with Crippen molar-refractivity contribution in [3.8, 4) is 6.07 Å². The van der Waals surface area contributed by atoms with Crippen LogP contribution in [0.4, 0.5) is 11.5 Å². The number of nitriles is 1. The lowest BCUT2D eigenvalue weighted by Crippen LogP contribution is -2.23. The molecule has 0 amide bonds. The molecular formula is C16H15N5O. The number of benzene rings is 1. The lowest BCUT2D eigenvalue weighted by molar-refractivity contribution is 0.798. The zero-order valence-corrected chi connectivity index (χ0v) is 12.3. The van der Waals surface area contributed by atoms with Gasteiger partial charge in [-0.15, -0.1) is 0 Å². The molecule has 0 saturated carbocycles. The first-order chi connectivity index (χ1) is 10.6. The summed E-state index contributed by atoms with van der Waals surface area (Å²) in [6.45, 7) is 3.89. The summed E-state index contributed by atoms with van der Waals surface area (Å²) in [5.41, 5.74) is 1.98. The van der Waals surface area contributed by atoms with Crippen molar-refractivity contribution in [1.29, 1.82) is 5.26 Å². The highest BCUT2D eigenvalue weighted by Crippen LogP contribution is 2.23. The number of rotatable bonds is 3. The van der Waals surface area contributed by atoms with Crippen molar-refractivity contribution in [2.75, 3.05) is 5.32 Å². The van der Waals surface area contributed by atoms with Gasteiger partial charge in [0, 0.05) is 5.69 Å². The van der Waals surface area contributed by atoms with Crippen LogP contribution < -0.4 is 10.9 Å². The first kappa shape index (κ1) is 13.9. The fourth-order valence-corrected chi connectivity index (χ4v) is 2.41. The molecule has 2 aromatic heterocycles. The number of aromatic nitrogens is 3. The molecule has 3 rings (SSSR count). The molecule has 0 unspecified atom stereocenters. The van der Waals surface area contributed by atoms with Crippen molar-refractivity contribution in [3.63, 3.8) is 0 Å². The molecule has 22 heavy (non-hydrogen) atoms. The third-order valence-corrected chi connectivity index (χ3v) is 3.45. The van der Waals surface area contributed by atoms with Gasteiger partial charge in [-0.05, 0) is 18.1 Å². The Bertz CT molecular complexity index is 915. The molecule has 0 aliphatic rings. The van der Waals surface area contributed by atoms with E-state index in [-0.39, 0.29) is 11.5 Å². The highest BCUT2D eigenvalue weighted by molar-refractivity contribution is 5.65. The average molecular weight is 293 g/mol. The lowest BCUT2D eigenvalue weighted by Gasteiger charge is -2.14. The monoisotopic (exact) mass is 293 g/mol. The Labute approximate surface area is 127 Å².